The molecule has 4 heteroatoms. The van der Waals surface area contributed by atoms with E-state index in [2.05, 4.69) is 5.32 Å². The van der Waals surface area contributed by atoms with E-state index in [1.165, 1.54) is 0 Å². The molecule has 1 atom stereocenters. The van der Waals surface area contributed by atoms with Gasteiger partial charge in [-0.1, -0.05) is 30.3 Å². The lowest BCUT2D eigenvalue weighted by atomic mass is 9.98. The highest BCUT2D eigenvalue weighted by Gasteiger charge is 2.40. The Morgan fingerprint density at radius 3 is 2.62 bits per heavy atom. The van der Waals surface area contributed by atoms with Crippen molar-refractivity contribution in [1.82, 2.24) is 5.32 Å². The Balaban J connectivity index is 2.16. The van der Waals surface area contributed by atoms with Crippen molar-refractivity contribution in [1.29, 1.82) is 0 Å². The molecule has 1 aromatic rings. The van der Waals surface area contributed by atoms with Crippen molar-refractivity contribution >= 4 is 5.91 Å². The van der Waals surface area contributed by atoms with Gasteiger partial charge in [0.2, 0.25) is 5.91 Å². The van der Waals surface area contributed by atoms with Crippen LogP contribution in [0.25, 0.3) is 0 Å². The lowest BCUT2D eigenvalue weighted by Gasteiger charge is -2.28. The van der Waals surface area contributed by atoms with Gasteiger partial charge in [-0.05, 0) is 18.1 Å². The zero-order valence-corrected chi connectivity index (χ0v) is 8.49. The molecule has 16 heavy (non-hydrogen) atoms. The molecule has 0 fully saturated rings. The number of benzene rings is 1. The van der Waals surface area contributed by atoms with Crippen LogP contribution in [0.1, 0.15) is 5.56 Å². The van der Waals surface area contributed by atoms with Gasteiger partial charge in [0.15, 0.2) is 0 Å². The fourth-order valence-electron chi connectivity index (χ4n) is 1.66. The van der Waals surface area contributed by atoms with Crippen LogP contribution in [0.3, 0.4) is 0 Å². The SMILES string of the molecule is O=C1C=CC(F)(F)[C@@H](Cc2ccccc2)N1. The van der Waals surface area contributed by atoms with Crippen molar-refractivity contribution in [2.75, 3.05) is 0 Å². The second-order valence-electron chi connectivity index (χ2n) is 3.76. The van der Waals surface area contributed by atoms with Crippen molar-refractivity contribution < 1.29 is 13.6 Å². The Kier molecular flexibility index (Phi) is 2.73. The number of alkyl halides is 2. The van der Waals surface area contributed by atoms with Crippen LogP contribution in [0.4, 0.5) is 8.78 Å². The van der Waals surface area contributed by atoms with Gasteiger partial charge in [0.05, 0.1) is 0 Å². The first-order valence-corrected chi connectivity index (χ1v) is 4.99. The van der Waals surface area contributed by atoms with Gasteiger partial charge in [0.25, 0.3) is 5.92 Å². The minimum absolute atomic E-state index is 0.129. The minimum Gasteiger partial charge on any atom is -0.343 e. The van der Waals surface area contributed by atoms with E-state index >= 15 is 0 Å². The molecule has 1 aliphatic heterocycles. The molecule has 1 aliphatic rings. The molecule has 0 aliphatic carbocycles. The zero-order valence-electron chi connectivity index (χ0n) is 8.49. The summed E-state index contributed by atoms with van der Waals surface area (Å²) in [7, 11) is 0. The molecule has 2 nitrogen and oxygen atoms in total. The third-order valence-corrected chi connectivity index (χ3v) is 2.52. The molecule has 1 N–H and O–H groups in total. The number of hydrogen-bond donors (Lipinski definition) is 1. The van der Waals surface area contributed by atoms with Crippen molar-refractivity contribution in [3.63, 3.8) is 0 Å². The lowest BCUT2D eigenvalue weighted by Crippen LogP contribution is -2.50. The summed E-state index contributed by atoms with van der Waals surface area (Å²) in [5.74, 6) is -3.45. The number of carbonyl (C=O) groups is 1. The number of hydrogen-bond acceptors (Lipinski definition) is 1. The number of rotatable bonds is 2. The Bertz CT molecular complexity index is 414. The van der Waals surface area contributed by atoms with E-state index in [0.717, 1.165) is 11.6 Å². The van der Waals surface area contributed by atoms with Crippen LogP contribution in [0, 0.1) is 0 Å². The average Bonchev–Trinajstić information content (AvgIpc) is 2.26. The molecular formula is C12H11F2NO. The molecule has 84 valence electrons. The zero-order chi connectivity index (χ0) is 11.6. The highest BCUT2D eigenvalue weighted by Crippen LogP contribution is 2.25. The maximum Gasteiger partial charge on any atom is 0.287 e. The van der Waals surface area contributed by atoms with E-state index < -0.39 is 17.9 Å². The summed E-state index contributed by atoms with van der Waals surface area (Å²) in [5.41, 5.74) is 0.780. The summed E-state index contributed by atoms with van der Waals surface area (Å²) in [6, 6.07) is 7.76. The largest absolute Gasteiger partial charge is 0.343 e. The van der Waals surface area contributed by atoms with E-state index in [1.807, 2.05) is 6.07 Å². The predicted molar refractivity (Wildman–Crippen MR) is 56.2 cm³/mol. The third kappa shape index (κ3) is 2.27. The Morgan fingerprint density at radius 1 is 1.25 bits per heavy atom. The molecule has 0 saturated carbocycles. The smallest absolute Gasteiger partial charge is 0.287 e. The van der Waals surface area contributed by atoms with Crippen LogP contribution in [0.5, 0.6) is 0 Å². The summed E-state index contributed by atoms with van der Waals surface area (Å²) in [5, 5.41) is 2.28. The molecule has 1 aromatic carbocycles. The van der Waals surface area contributed by atoms with Crippen LogP contribution in [-0.2, 0) is 11.2 Å². The minimum atomic E-state index is -2.98. The van der Waals surface area contributed by atoms with E-state index in [0.29, 0.717) is 6.08 Å². The molecule has 2 rings (SSSR count). The van der Waals surface area contributed by atoms with Gasteiger partial charge >= 0.3 is 0 Å². The number of nitrogens with one attached hydrogen (secondary N) is 1. The van der Waals surface area contributed by atoms with Gasteiger partial charge in [-0.2, -0.15) is 8.78 Å². The van der Waals surface area contributed by atoms with Crippen molar-refractivity contribution in [2.24, 2.45) is 0 Å². The summed E-state index contributed by atoms with van der Waals surface area (Å²) >= 11 is 0. The van der Waals surface area contributed by atoms with E-state index in [4.69, 9.17) is 0 Å². The molecule has 1 amide bonds. The molecule has 0 saturated heterocycles. The quantitative estimate of drug-likeness (QED) is 0.815. The second kappa shape index (κ2) is 4.04. The fraction of sp³-hybridized carbons (Fsp3) is 0.250. The molecule has 0 unspecified atom stereocenters. The highest BCUT2D eigenvalue weighted by molar-refractivity contribution is 5.89. The lowest BCUT2D eigenvalue weighted by molar-refractivity contribution is -0.121. The second-order valence-corrected chi connectivity index (χ2v) is 3.76. The van der Waals surface area contributed by atoms with Crippen LogP contribution < -0.4 is 5.32 Å². The first-order chi connectivity index (χ1) is 7.58. The first-order valence-electron chi connectivity index (χ1n) is 4.99. The molecule has 0 radical (unpaired) electrons. The van der Waals surface area contributed by atoms with Gasteiger partial charge in [-0.3, -0.25) is 4.79 Å². The van der Waals surface area contributed by atoms with E-state index in [-0.39, 0.29) is 6.42 Å². The normalized spacial score (nSPS) is 22.9. The standard InChI is InChI=1S/C12H11F2NO/c13-12(14)7-6-11(16)15-10(12)8-9-4-2-1-3-5-9/h1-7,10H,8H2,(H,15,16)/t10-/m1/s1. The summed E-state index contributed by atoms with van der Waals surface area (Å²) in [4.78, 5) is 11.0. The van der Waals surface area contributed by atoms with Gasteiger partial charge in [-0.25, -0.2) is 0 Å². The number of amides is 1. The van der Waals surface area contributed by atoms with Gasteiger partial charge < -0.3 is 5.32 Å². The molecular weight excluding hydrogens is 212 g/mol. The highest BCUT2D eigenvalue weighted by atomic mass is 19.3. The van der Waals surface area contributed by atoms with Gasteiger partial charge in [0.1, 0.15) is 6.04 Å². The third-order valence-electron chi connectivity index (χ3n) is 2.52. The average molecular weight is 223 g/mol. The fourth-order valence-corrected chi connectivity index (χ4v) is 1.66. The number of halogens is 2. The number of carbonyl (C=O) groups excluding carboxylic acids is 1. The van der Waals surface area contributed by atoms with Crippen LogP contribution in [0.15, 0.2) is 42.5 Å². The van der Waals surface area contributed by atoms with E-state index in [1.54, 1.807) is 24.3 Å². The van der Waals surface area contributed by atoms with Crippen molar-refractivity contribution in [2.45, 2.75) is 18.4 Å². The van der Waals surface area contributed by atoms with Crippen LogP contribution in [0.2, 0.25) is 0 Å². The van der Waals surface area contributed by atoms with Gasteiger partial charge in [0, 0.05) is 6.08 Å². The topological polar surface area (TPSA) is 29.1 Å². The Hall–Kier alpha value is -1.71. The summed E-state index contributed by atoms with van der Waals surface area (Å²) in [6.45, 7) is 0. The molecule has 0 aromatic heterocycles. The van der Waals surface area contributed by atoms with Crippen molar-refractivity contribution in [3.8, 4) is 0 Å². The first kappa shape index (κ1) is 10.8. The monoisotopic (exact) mass is 223 g/mol. The summed E-state index contributed by atoms with van der Waals surface area (Å²) in [6.07, 6.45) is 1.67. The molecule has 1 heterocycles. The molecule has 0 bridgehead atoms. The predicted octanol–water partition coefficient (Wildman–Crippen LogP) is 1.92. The van der Waals surface area contributed by atoms with Crippen molar-refractivity contribution in [3.05, 3.63) is 48.0 Å². The summed E-state index contributed by atoms with van der Waals surface area (Å²) < 4.78 is 26.9. The van der Waals surface area contributed by atoms with Crippen LogP contribution in [-0.4, -0.2) is 17.9 Å². The van der Waals surface area contributed by atoms with E-state index in [9.17, 15) is 13.6 Å². The Morgan fingerprint density at radius 2 is 1.94 bits per heavy atom. The van der Waals surface area contributed by atoms with Gasteiger partial charge in [-0.15, -0.1) is 0 Å². The maximum atomic E-state index is 13.4. The van der Waals surface area contributed by atoms with Crippen LogP contribution >= 0.6 is 0 Å². The maximum absolute atomic E-state index is 13.4. The molecule has 0 spiro atoms. The Labute approximate surface area is 92.0 Å².